The van der Waals surface area contributed by atoms with E-state index >= 15 is 0 Å². The predicted molar refractivity (Wildman–Crippen MR) is 121 cm³/mol. The average molecular weight is 538 g/mol. The lowest BCUT2D eigenvalue weighted by Crippen LogP contribution is -2.53. The fourth-order valence-corrected chi connectivity index (χ4v) is 3.65. The van der Waals surface area contributed by atoms with Crippen LogP contribution in [0.25, 0.3) is 6.08 Å². The number of benzene rings is 1. The fraction of sp³-hybridized carbons (Fsp3) is 0.318. The molecule has 0 radical (unpaired) electrons. The Balaban J connectivity index is 1.95. The second-order valence-corrected chi connectivity index (χ2v) is 8.05. The Morgan fingerprint density at radius 1 is 1.26 bits per heavy atom. The lowest BCUT2D eigenvalue weighted by Gasteiger charge is -2.25. The van der Waals surface area contributed by atoms with Crippen LogP contribution in [-0.2, 0) is 16.1 Å². The van der Waals surface area contributed by atoms with E-state index in [-0.39, 0.29) is 18.2 Å². The van der Waals surface area contributed by atoms with Gasteiger partial charge >= 0.3 is 6.03 Å². The van der Waals surface area contributed by atoms with Gasteiger partial charge in [0.15, 0.2) is 11.5 Å². The molecule has 1 N–H and O–H groups in total. The van der Waals surface area contributed by atoms with Gasteiger partial charge < -0.3 is 13.9 Å². The molecule has 1 aromatic carbocycles. The number of nitrogens with one attached hydrogen (secondary N) is 1. The zero-order chi connectivity index (χ0) is 22.5. The summed E-state index contributed by atoms with van der Waals surface area (Å²) < 4.78 is 17.7. The second-order valence-electron chi connectivity index (χ2n) is 6.89. The maximum atomic E-state index is 12.9. The maximum Gasteiger partial charge on any atom is 0.331 e. The van der Waals surface area contributed by atoms with Crippen LogP contribution < -0.4 is 14.8 Å². The molecule has 2 aromatic rings. The quantitative estimate of drug-likeness (QED) is 0.309. The molecule has 0 spiro atoms. The number of ether oxygens (including phenoxy) is 2. The van der Waals surface area contributed by atoms with E-state index in [0.29, 0.717) is 29.4 Å². The molecule has 1 aliphatic rings. The Labute approximate surface area is 193 Å². The number of carbonyl (C=O) groups excluding carboxylic acids is 3. The van der Waals surface area contributed by atoms with Crippen molar-refractivity contribution in [2.24, 2.45) is 0 Å². The van der Waals surface area contributed by atoms with Crippen molar-refractivity contribution >= 4 is 46.5 Å². The smallest absolute Gasteiger partial charge is 0.331 e. The zero-order valence-electron chi connectivity index (χ0n) is 17.4. The number of hydrogen-bond donors (Lipinski definition) is 1. The molecule has 0 saturated carbocycles. The number of urea groups is 1. The molecular weight excluding hydrogens is 515 g/mol. The molecule has 1 atom stereocenters. The Morgan fingerprint density at radius 2 is 2.03 bits per heavy atom. The minimum atomic E-state index is -0.787. The third-order valence-corrected chi connectivity index (χ3v) is 5.42. The lowest BCUT2D eigenvalue weighted by atomic mass is 10.1. The molecule has 3 rings (SSSR count). The standard InChI is InChI=1S/C22H23IN2O6/c1-4-13(3)31-19-17(23)10-14(11-18(19)29-5-2)9-16-20(26)24-22(28)25(21(16)27)12-15-7-6-8-30-15/h6-11,13H,4-5,12H2,1-3H3,(H,24,26,28)/b16-9+/t13-/m1/s1. The molecule has 2 heterocycles. The molecule has 164 valence electrons. The molecular formula is C22H23IN2O6. The first-order valence-electron chi connectivity index (χ1n) is 9.88. The van der Waals surface area contributed by atoms with Gasteiger partial charge in [-0.3, -0.25) is 19.8 Å². The number of halogens is 1. The van der Waals surface area contributed by atoms with Gasteiger partial charge in [0.25, 0.3) is 11.8 Å². The number of amides is 4. The van der Waals surface area contributed by atoms with Crippen molar-refractivity contribution in [2.75, 3.05) is 6.61 Å². The summed E-state index contributed by atoms with van der Waals surface area (Å²) in [4.78, 5) is 38.4. The molecule has 31 heavy (non-hydrogen) atoms. The summed E-state index contributed by atoms with van der Waals surface area (Å²) in [6.45, 7) is 6.21. The Bertz CT molecular complexity index is 1020. The van der Waals surface area contributed by atoms with Crippen LogP contribution in [0, 0.1) is 3.57 Å². The molecule has 0 unspecified atom stereocenters. The number of carbonyl (C=O) groups is 3. The number of hydrogen-bond acceptors (Lipinski definition) is 6. The summed E-state index contributed by atoms with van der Waals surface area (Å²) in [7, 11) is 0. The van der Waals surface area contributed by atoms with Gasteiger partial charge in [-0.2, -0.15) is 0 Å². The summed E-state index contributed by atoms with van der Waals surface area (Å²) in [5.41, 5.74) is 0.426. The van der Waals surface area contributed by atoms with Crippen LogP contribution in [0.3, 0.4) is 0 Å². The number of furan rings is 1. The number of rotatable bonds is 8. The lowest BCUT2D eigenvalue weighted by molar-refractivity contribution is -0.130. The molecule has 1 fully saturated rings. The van der Waals surface area contributed by atoms with E-state index in [1.165, 1.54) is 12.3 Å². The van der Waals surface area contributed by atoms with Crippen LogP contribution in [0.15, 0.2) is 40.5 Å². The van der Waals surface area contributed by atoms with Gasteiger partial charge in [0.2, 0.25) is 0 Å². The van der Waals surface area contributed by atoms with Crippen LogP contribution in [0.5, 0.6) is 11.5 Å². The second kappa shape index (κ2) is 9.99. The molecule has 9 heteroatoms. The molecule has 0 bridgehead atoms. The Morgan fingerprint density at radius 3 is 2.68 bits per heavy atom. The van der Waals surface area contributed by atoms with E-state index in [1.54, 1.807) is 24.3 Å². The van der Waals surface area contributed by atoms with Gasteiger partial charge in [0.05, 0.1) is 29.1 Å². The molecule has 0 aliphatic carbocycles. The molecule has 1 saturated heterocycles. The zero-order valence-corrected chi connectivity index (χ0v) is 19.6. The highest BCUT2D eigenvalue weighted by Gasteiger charge is 2.36. The third-order valence-electron chi connectivity index (χ3n) is 4.62. The SMILES string of the molecule is CCOc1cc(/C=C2\C(=O)NC(=O)N(Cc3ccco3)C2=O)cc(I)c1O[C@H](C)CC. The van der Waals surface area contributed by atoms with Crippen molar-refractivity contribution in [3.8, 4) is 11.5 Å². The van der Waals surface area contributed by atoms with E-state index < -0.39 is 17.8 Å². The van der Waals surface area contributed by atoms with E-state index in [2.05, 4.69) is 27.9 Å². The molecule has 8 nitrogen and oxygen atoms in total. The third kappa shape index (κ3) is 5.27. The highest BCUT2D eigenvalue weighted by Crippen LogP contribution is 2.36. The predicted octanol–water partition coefficient (Wildman–Crippen LogP) is 4.12. The summed E-state index contributed by atoms with van der Waals surface area (Å²) in [5.74, 6) is 0.121. The van der Waals surface area contributed by atoms with Gasteiger partial charge in [0.1, 0.15) is 11.3 Å². The molecule has 4 amide bonds. The summed E-state index contributed by atoms with van der Waals surface area (Å²) in [5, 5.41) is 2.20. The van der Waals surface area contributed by atoms with Crippen molar-refractivity contribution in [3.63, 3.8) is 0 Å². The first-order valence-corrected chi connectivity index (χ1v) is 11.0. The summed E-state index contributed by atoms with van der Waals surface area (Å²) in [6.07, 6.45) is 3.73. The van der Waals surface area contributed by atoms with Gasteiger partial charge in [-0.15, -0.1) is 0 Å². The number of imide groups is 2. The van der Waals surface area contributed by atoms with E-state index in [4.69, 9.17) is 13.9 Å². The van der Waals surface area contributed by atoms with Gasteiger partial charge in [-0.05, 0) is 78.8 Å². The van der Waals surface area contributed by atoms with E-state index in [1.807, 2.05) is 20.8 Å². The van der Waals surface area contributed by atoms with Crippen molar-refractivity contribution in [1.82, 2.24) is 10.2 Å². The van der Waals surface area contributed by atoms with Crippen molar-refractivity contribution < 1.29 is 28.3 Å². The minimum Gasteiger partial charge on any atom is -0.490 e. The van der Waals surface area contributed by atoms with E-state index in [9.17, 15) is 14.4 Å². The fourth-order valence-electron chi connectivity index (χ4n) is 2.90. The van der Waals surface area contributed by atoms with Gasteiger partial charge in [-0.1, -0.05) is 6.92 Å². The maximum absolute atomic E-state index is 12.9. The van der Waals surface area contributed by atoms with Crippen LogP contribution in [-0.4, -0.2) is 35.5 Å². The molecule has 1 aliphatic heterocycles. The van der Waals surface area contributed by atoms with Crippen molar-refractivity contribution in [3.05, 3.63) is 51.0 Å². The van der Waals surface area contributed by atoms with Crippen LogP contribution >= 0.6 is 22.6 Å². The highest BCUT2D eigenvalue weighted by molar-refractivity contribution is 14.1. The Hall–Kier alpha value is -2.82. The number of barbiturate groups is 1. The average Bonchev–Trinajstić information content (AvgIpc) is 3.24. The van der Waals surface area contributed by atoms with Gasteiger partial charge in [-0.25, -0.2) is 4.79 Å². The minimum absolute atomic E-state index is 0.00352. The van der Waals surface area contributed by atoms with Crippen LogP contribution in [0.2, 0.25) is 0 Å². The summed E-state index contributed by atoms with van der Waals surface area (Å²) >= 11 is 2.13. The monoisotopic (exact) mass is 538 g/mol. The first kappa shape index (κ1) is 22.9. The highest BCUT2D eigenvalue weighted by atomic mass is 127. The molecule has 1 aromatic heterocycles. The normalized spacial score (nSPS) is 16.5. The van der Waals surface area contributed by atoms with Crippen molar-refractivity contribution in [2.45, 2.75) is 39.8 Å². The van der Waals surface area contributed by atoms with Crippen LogP contribution in [0.1, 0.15) is 38.5 Å². The van der Waals surface area contributed by atoms with E-state index in [0.717, 1.165) is 14.9 Å². The van der Waals surface area contributed by atoms with Crippen molar-refractivity contribution in [1.29, 1.82) is 0 Å². The number of nitrogens with zero attached hydrogens (tertiary/aromatic N) is 1. The van der Waals surface area contributed by atoms with Gasteiger partial charge in [0, 0.05) is 0 Å². The largest absolute Gasteiger partial charge is 0.490 e. The topological polar surface area (TPSA) is 98.1 Å². The Kier molecular flexibility index (Phi) is 7.37. The summed E-state index contributed by atoms with van der Waals surface area (Å²) in [6, 6.07) is 6.02. The van der Waals surface area contributed by atoms with Crippen LogP contribution in [0.4, 0.5) is 4.79 Å². The first-order chi connectivity index (χ1) is 14.8.